The van der Waals surface area contributed by atoms with E-state index in [0.717, 1.165) is 0 Å². The van der Waals surface area contributed by atoms with E-state index >= 15 is 0 Å². The van der Waals surface area contributed by atoms with Gasteiger partial charge in [0.2, 0.25) is 0 Å². The molecule has 0 spiro atoms. The second kappa shape index (κ2) is 4.92. The molecule has 0 radical (unpaired) electrons. The number of esters is 1. The summed E-state index contributed by atoms with van der Waals surface area (Å²) in [5.41, 5.74) is 1.26. The van der Waals surface area contributed by atoms with Crippen molar-refractivity contribution in [3.63, 3.8) is 0 Å². The van der Waals surface area contributed by atoms with E-state index in [1.54, 1.807) is 20.8 Å². The molecule has 0 aromatic rings. The lowest BCUT2D eigenvalue weighted by Crippen LogP contribution is -2.29. The van der Waals surface area contributed by atoms with Gasteiger partial charge >= 0.3 is 11.9 Å². The van der Waals surface area contributed by atoms with E-state index in [-0.39, 0.29) is 18.6 Å². The number of hydrogen-bond donors (Lipinski definition) is 1. The third-order valence-corrected chi connectivity index (χ3v) is 2.52. The maximum Gasteiger partial charge on any atom is 0.333 e. The molecular weight excluding hydrogens is 210 g/mol. The van der Waals surface area contributed by atoms with Gasteiger partial charge < -0.3 is 9.84 Å². The van der Waals surface area contributed by atoms with Crippen LogP contribution in [0.1, 0.15) is 27.2 Å². The molecule has 1 N–H and O–H groups in total. The summed E-state index contributed by atoms with van der Waals surface area (Å²) in [7, 11) is 0. The Bertz CT molecular complexity index is 381. The molecule has 5 heteroatoms. The molecule has 1 aliphatic heterocycles. The summed E-state index contributed by atoms with van der Waals surface area (Å²) in [4.78, 5) is 26.6. The highest BCUT2D eigenvalue weighted by Crippen LogP contribution is 2.25. The zero-order valence-electron chi connectivity index (χ0n) is 9.61. The first-order valence-electron chi connectivity index (χ1n) is 5.12. The second-order valence-corrected chi connectivity index (χ2v) is 3.63. The Kier molecular flexibility index (Phi) is 3.82. The quantitative estimate of drug-likeness (QED) is 0.736. The minimum Gasteiger partial charge on any atom is -0.478 e. The van der Waals surface area contributed by atoms with Crippen molar-refractivity contribution in [1.82, 2.24) is 0 Å². The third-order valence-electron chi connectivity index (χ3n) is 2.52. The van der Waals surface area contributed by atoms with Crippen molar-refractivity contribution in [2.45, 2.75) is 27.2 Å². The molecule has 0 aliphatic carbocycles. The molecular formula is C11H15NO4. The normalized spacial score (nSPS) is 20.4. The first kappa shape index (κ1) is 12.4. The van der Waals surface area contributed by atoms with Crippen LogP contribution in [0.15, 0.2) is 16.3 Å². The Morgan fingerprint density at radius 3 is 2.62 bits per heavy atom. The molecule has 0 aromatic carbocycles. The van der Waals surface area contributed by atoms with Crippen molar-refractivity contribution < 1.29 is 19.4 Å². The number of carbonyl (C=O) groups excluding carboxylic acids is 1. The highest BCUT2D eigenvalue weighted by atomic mass is 16.5. The van der Waals surface area contributed by atoms with E-state index in [1.165, 1.54) is 0 Å². The number of rotatable bonds is 3. The number of ether oxygens (including phenoxy) is 1. The molecule has 1 rings (SSSR count). The van der Waals surface area contributed by atoms with Crippen molar-refractivity contribution in [3.05, 3.63) is 11.3 Å². The molecule has 0 fully saturated rings. The maximum atomic E-state index is 11.6. The molecule has 0 aromatic heterocycles. The Morgan fingerprint density at radius 2 is 2.12 bits per heavy atom. The number of carbonyl (C=O) groups is 2. The Balaban J connectivity index is 2.93. The van der Waals surface area contributed by atoms with Gasteiger partial charge in [0.15, 0.2) is 0 Å². The van der Waals surface area contributed by atoms with Gasteiger partial charge in [0.25, 0.3) is 0 Å². The molecule has 5 nitrogen and oxygen atoms in total. The van der Waals surface area contributed by atoms with Crippen molar-refractivity contribution in [1.29, 1.82) is 0 Å². The smallest absolute Gasteiger partial charge is 0.333 e. The van der Waals surface area contributed by atoms with E-state index in [1.807, 2.05) is 0 Å². The van der Waals surface area contributed by atoms with Crippen LogP contribution in [-0.2, 0) is 14.3 Å². The number of allylic oxidation sites excluding steroid dienone is 1. The monoisotopic (exact) mass is 225 g/mol. The summed E-state index contributed by atoms with van der Waals surface area (Å²) in [6.45, 7) is 5.35. The van der Waals surface area contributed by atoms with Gasteiger partial charge in [-0.15, -0.1) is 0 Å². The van der Waals surface area contributed by atoms with E-state index in [0.29, 0.717) is 11.4 Å². The first-order chi connectivity index (χ1) is 7.47. The van der Waals surface area contributed by atoms with Crippen molar-refractivity contribution in [2.75, 3.05) is 6.61 Å². The molecule has 0 amide bonds. The first-order valence-corrected chi connectivity index (χ1v) is 5.12. The van der Waals surface area contributed by atoms with E-state index < -0.39 is 17.9 Å². The van der Waals surface area contributed by atoms with Crippen LogP contribution in [-0.4, -0.2) is 29.4 Å². The minimum absolute atomic E-state index is 0.162. The number of aliphatic carboxylic acids is 1. The van der Waals surface area contributed by atoms with Gasteiger partial charge in [-0.2, -0.15) is 0 Å². The SMILES string of the molecule is CCOC(=O)C1CC(C(=O)O)=C(C)N=C1C. The van der Waals surface area contributed by atoms with Gasteiger partial charge in [-0.3, -0.25) is 9.79 Å². The summed E-state index contributed by atoms with van der Waals surface area (Å²) in [6, 6.07) is 0. The average molecular weight is 225 g/mol. The van der Waals surface area contributed by atoms with Gasteiger partial charge in [-0.05, 0) is 27.2 Å². The molecule has 1 aliphatic rings. The summed E-state index contributed by atoms with van der Waals surface area (Å²) in [5.74, 6) is -1.99. The predicted molar refractivity (Wildman–Crippen MR) is 58.2 cm³/mol. The molecule has 0 saturated carbocycles. The Labute approximate surface area is 93.8 Å². The van der Waals surface area contributed by atoms with Crippen LogP contribution in [0.2, 0.25) is 0 Å². The van der Waals surface area contributed by atoms with Gasteiger partial charge in [-0.1, -0.05) is 0 Å². The summed E-state index contributed by atoms with van der Waals surface area (Å²) in [6.07, 6.45) is 0.162. The van der Waals surface area contributed by atoms with Crippen LogP contribution >= 0.6 is 0 Å². The summed E-state index contributed by atoms with van der Waals surface area (Å²) < 4.78 is 4.88. The van der Waals surface area contributed by atoms with Gasteiger partial charge in [0, 0.05) is 11.4 Å². The number of carboxylic acid groups (broad SMARTS) is 1. The lowest BCUT2D eigenvalue weighted by Gasteiger charge is -2.20. The van der Waals surface area contributed by atoms with Crippen molar-refractivity contribution in [2.24, 2.45) is 10.9 Å². The lowest BCUT2D eigenvalue weighted by atomic mass is 9.91. The molecule has 0 saturated heterocycles. The zero-order chi connectivity index (χ0) is 12.3. The topological polar surface area (TPSA) is 76.0 Å². The summed E-state index contributed by atoms with van der Waals surface area (Å²) in [5, 5.41) is 8.95. The van der Waals surface area contributed by atoms with Crippen LogP contribution < -0.4 is 0 Å². The number of aliphatic imine (C=N–C) groups is 1. The molecule has 88 valence electrons. The maximum absolute atomic E-state index is 11.6. The summed E-state index contributed by atoms with van der Waals surface area (Å²) >= 11 is 0. The van der Waals surface area contributed by atoms with E-state index in [9.17, 15) is 9.59 Å². The predicted octanol–water partition coefficient (Wildman–Crippen LogP) is 1.39. The van der Waals surface area contributed by atoms with Crippen molar-refractivity contribution in [3.8, 4) is 0 Å². The highest BCUT2D eigenvalue weighted by Gasteiger charge is 2.30. The lowest BCUT2D eigenvalue weighted by molar-refractivity contribution is -0.145. The van der Waals surface area contributed by atoms with Crippen LogP contribution in [0, 0.1) is 5.92 Å². The third kappa shape index (κ3) is 2.48. The van der Waals surface area contributed by atoms with E-state index in [4.69, 9.17) is 9.84 Å². The number of nitrogens with zero attached hydrogens (tertiary/aromatic N) is 1. The Morgan fingerprint density at radius 1 is 1.50 bits per heavy atom. The van der Waals surface area contributed by atoms with Crippen LogP contribution in [0.4, 0.5) is 0 Å². The zero-order valence-corrected chi connectivity index (χ0v) is 9.61. The molecule has 0 bridgehead atoms. The number of carboxylic acids is 1. The van der Waals surface area contributed by atoms with Crippen LogP contribution in [0.25, 0.3) is 0 Å². The fraction of sp³-hybridized carbons (Fsp3) is 0.545. The minimum atomic E-state index is -1.02. The van der Waals surface area contributed by atoms with Gasteiger partial charge in [-0.25, -0.2) is 4.79 Å². The molecule has 16 heavy (non-hydrogen) atoms. The van der Waals surface area contributed by atoms with E-state index in [2.05, 4.69) is 4.99 Å². The largest absolute Gasteiger partial charge is 0.478 e. The standard InChI is InChI=1S/C11H15NO4/c1-4-16-11(15)9-5-8(10(13)14)6(2)12-7(9)3/h9H,4-5H2,1-3H3,(H,13,14). The molecule has 1 unspecified atom stereocenters. The second-order valence-electron chi connectivity index (χ2n) is 3.63. The van der Waals surface area contributed by atoms with Crippen molar-refractivity contribution >= 4 is 17.7 Å². The Hall–Kier alpha value is -1.65. The fourth-order valence-electron chi connectivity index (χ4n) is 1.65. The molecule has 1 heterocycles. The number of hydrogen-bond acceptors (Lipinski definition) is 4. The van der Waals surface area contributed by atoms with Crippen LogP contribution in [0.5, 0.6) is 0 Å². The van der Waals surface area contributed by atoms with Crippen LogP contribution in [0.3, 0.4) is 0 Å². The van der Waals surface area contributed by atoms with Gasteiger partial charge in [0.1, 0.15) is 0 Å². The fourth-order valence-corrected chi connectivity index (χ4v) is 1.65. The van der Waals surface area contributed by atoms with Gasteiger partial charge in [0.05, 0.1) is 18.1 Å². The average Bonchev–Trinajstić information content (AvgIpc) is 2.17. The molecule has 1 atom stereocenters. The highest BCUT2D eigenvalue weighted by molar-refractivity contribution is 6.04.